The second kappa shape index (κ2) is 4.48. The Balaban J connectivity index is 2.30. The molecule has 0 aliphatic heterocycles. The molecule has 1 N–H and O–H groups in total. The molecule has 18 heavy (non-hydrogen) atoms. The highest BCUT2D eigenvalue weighted by molar-refractivity contribution is 5.96. The van der Waals surface area contributed by atoms with Crippen molar-refractivity contribution in [3.63, 3.8) is 0 Å². The van der Waals surface area contributed by atoms with E-state index in [4.69, 9.17) is 0 Å². The van der Waals surface area contributed by atoms with E-state index in [0.29, 0.717) is 11.7 Å². The summed E-state index contributed by atoms with van der Waals surface area (Å²) in [4.78, 5) is 11.9. The van der Waals surface area contributed by atoms with Crippen molar-refractivity contribution >= 4 is 5.78 Å². The van der Waals surface area contributed by atoms with Crippen LogP contribution >= 0.6 is 0 Å². The molecule has 0 radical (unpaired) electrons. The van der Waals surface area contributed by atoms with Crippen LogP contribution < -0.4 is 0 Å². The van der Waals surface area contributed by atoms with Crippen molar-refractivity contribution in [2.45, 2.75) is 59.8 Å². The number of carbonyl (C=O) groups excluding carboxylic acids is 1. The summed E-state index contributed by atoms with van der Waals surface area (Å²) in [7, 11) is 0. The lowest BCUT2D eigenvalue weighted by atomic mass is 9.58. The van der Waals surface area contributed by atoms with Gasteiger partial charge in [0.2, 0.25) is 0 Å². The number of allylic oxidation sites excluding steroid dienone is 2. The third-order valence-electron chi connectivity index (χ3n) is 5.51. The molecule has 0 saturated heterocycles. The molecule has 0 aromatic rings. The Bertz CT molecular complexity index is 392. The predicted molar refractivity (Wildman–Crippen MR) is 73.3 cm³/mol. The van der Waals surface area contributed by atoms with Gasteiger partial charge in [0.1, 0.15) is 0 Å². The van der Waals surface area contributed by atoms with Crippen LogP contribution in [0.15, 0.2) is 11.1 Å². The number of fused-ring (bicyclic) bond motifs is 1. The quantitative estimate of drug-likeness (QED) is 0.814. The van der Waals surface area contributed by atoms with Crippen LogP contribution in [0, 0.1) is 16.7 Å². The van der Waals surface area contributed by atoms with Crippen molar-refractivity contribution in [3.05, 3.63) is 11.1 Å². The highest BCUT2D eigenvalue weighted by atomic mass is 16.3. The zero-order chi connectivity index (χ0) is 13.6. The molecule has 2 heteroatoms. The van der Waals surface area contributed by atoms with E-state index in [1.54, 1.807) is 0 Å². The maximum Gasteiger partial charge on any atom is 0.158 e. The number of aliphatic hydroxyl groups excluding tert-OH is 1. The summed E-state index contributed by atoms with van der Waals surface area (Å²) < 4.78 is 0. The molecule has 0 bridgehead atoms. The molecular weight excluding hydrogens is 224 g/mol. The minimum Gasteiger partial charge on any atom is -0.396 e. The smallest absolute Gasteiger partial charge is 0.158 e. The molecule has 1 saturated carbocycles. The predicted octanol–water partition coefficient (Wildman–Crippen LogP) is 3.49. The first-order valence-corrected chi connectivity index (χ1v) is 7.14. The van der Waals surface area contributed by atoms with E-state index in [-0.39, 0.29) is 17.4 Å². The molecule has 0 amide bonds. The average molecular weight is 250 g/mol. The maximum absolute atomic E-state index is 11.9. The summed E-state index contributed by atoms with van der Waals surface area (Å²) in [5.74, 6) is 0.844. The van der Waals surface area contributed by atoms with Crippen LogP contribution in [0.2, 0.25) is 0 Å². The van der Waals surface area contributed by atoms with E-state index in [0.717, 1.165) is 24.8 Å². The first-order chi connectivity index (χ1) is 8.30. The fourth-order valence-electron chi connectivity index (χ4n) is 3.66. The molecule has 2 unspecified atom stereocenters. The van der Waals surface area contributed by atoms with Gasteiger partial charge in [-0.3, -0.25) is 4.79 Å². The molecule has 2 aliphatic carbocycles. The normalized spacial score (nSPS) is 33.6. The Morgan fingerprint density at radius 2 is 2.06 bits per heavy atom. The lowest BCUT2D eigenvalue weighted by Crippen LogP contribution is -2.39. The van der Waals surface area contributed by atoms with E-state index >= 15 is 0 Å². The summed E-state index contributed by atoms with van der Waals surface area (Å²) in [6, 6.07) is 0. The zero-order valence-corrected chi connectivity index (χ0v) is 12.2. The minimum absolute atomic E-state index is 0.0326. The van der Waals surface area contributed by atoms with Gasteiger partial charge in [-0.1, -0.05) is 26.3 Å². The second-order valence-electron chi connectivity index (χ2n) is 7.17. The van der Waals surface area contributed by atoms with Crippen molar-refractivity contribution in [3.8, 4) is 0 Å². The monoisotopic (exact) mass is 250 g/mol. The average Bonchev–Trinajstić information content (AvgIpc) is 2.34. The molecular formula is C16H26O2. The molecule has 2 aliphatic rings. The van der Waals surface area contributed by atoms with Gasteiger partial charge in [0, 0.05) is 13.0 Å². The molecule has 2 rings (SSSR count). The van der Waals surface area contributed by atoms with Crippen molar-refractivity contribution < 1.29 is 9.90 Å². The Hall–Kier alpha value is -0.630. The largest absolute Gasteiger partial charge is 0.396 e. The van der Waals surface area contributed by atoms with Crippen LogP contribution in [0.3, 0.4) is 0 Å². The SMILES string of the molecule is CC1=C2CC(C(C)(C)CO)CCC2(C)CCC1=O. The lowest BCUT2D eigenvalue weighted by Gasteiger charge is -2.47. The van der Waals surface area contributed by atoms with Gasteiger partial charge in [0.15, 0.2) is 5.78 Å². The van der Waals surface area contributed by atoms with Crippen LogP contribution in [-0.2, 0) is 4.79 Å². The summed E-state index contributed by atoms with van der Waals surface area (Å²) in [5, 5.41) is 9.54. The number of carbonyl (C=O) groups is 1. The summed E-state index contributed by atoms with van der Waals surface area (Å²) >= 11 is 0. The van der Waals surface area contributed by atoms with Crippen LogP contribution in [0.4, 0.5) is 0 Å². The van der Waals surface area contributed by atoms with Crippen molar-refractivity contribution in [1.82, 2.24) is 0 Å². The first kappa shape index (κ1) is 13.8. The van der Waals surface area contributed by atoms with Gasteiger partial charge in [-0.2, -0.15) is 0 Å². The number of rotatable bonds is 2. The van der Waals surface area contributed by atoms with Crippen molar-refractivity contribution in [1.29, 1.82) is 0 Å². The summed E-state index contributed by atoms with van der Waals surface area (Å²) in [6.45, 7) is 8.83. The number of hydrogen-bond donors (Lipinski definition) is 1. The van der Waals surface area contributed by atoms with Gasteiger partial charge >= 0.3 is 0 Å². The van der Waals surface area contributed by atoms with Gasteiger partial charge in [-0.25, -0.2) is 0 Å². The minimum atomic E-state index is -0.0326. The molecule has 2 nitrogen and oxygen atoms in total. The van der Waals surface area contributed by atoms with E-state index in [2.05, 4.69) is 20.8 Å². The molecule has 0 heterocycles. The standard InChI is InChI=1S/C16H26O2/c1-11-13-9-12(15(2,3)10-17)5-7-16(13,4)8-6-14(11)18/h12,17H,5-10H2,1-4H3. The van der Waals surface area contributed by atoms with Crippen LogP contribution in [-0.4, -0.2) is 17.5 Å². The molecule has 2 atom stereocenters. The first-order valence-electron chi connectivity index (χ1n) is 7.14. The fraction of sp³-hybridized carbons (Fsp3) is 0.812. The second-order valence-corrected chi connectivity index (χ2v) is 7.17. The zero-order valence-electron chi connectivity index (χ0n) is 12.2. The Morgan fingerprint density at radius 1 is 1.39 bits per heavy atom. The number of ketones is 1. The topological polar surface area (TPSA) is 37.3 Å². The highest BCUT2D eigenvalue weighted by Gasteiger charge is 2.43. The Labute approximate surface area is 110 Å². The molecule has 0 spiro atoms. The van der Waals surface area contributed by atoms with Crippen LogP contribution in [0.25, 0.3) is 0 Å². The molecule has 102 valence electrons. The summed E-state index contributed by atoms with van der Waals surface area (Å²) in [6.07, 6.45) is 5.09. The number of aliphatic hydroxyl groups is 1. The van der Waals surface area contributed by atoms with Crippen molar-refractivity contribution in [2.75, 3.05) is 6.61 Å². The fourth-order valence-corrected chi connectivity index (χ4v) is 3.66. The van der Waals surface area contributed by atoms with E-state index in [1.807, 2.05) is 6.92 Å². The number of hydrogen-bond acceptors (Lipinski definition) is 2. The molecule has 0 aromatic carbocycles. The third kappa shape index (κ3) is 2.16. The van der Waals surface area contributed by atoms with Gasteiger partial charge in [-0.05, 0) is 54.9 Å². The Morgan fingerprint density at radius 3 is 2.67 bits per heavy atom. The van der Waals surface area contributed by atoms with Crippen molar-refractivity contribution in [2.24, 2.45) is 16.7 Å². The molecule has 0 aromatic heterocycles. The lowest BCUT2D eigenvalue weighted by molar-refractivity contribution is -0.117. The van der Waals surface area contributed by atoms with Gasteiger partial charge < -0.3 is 5.11 Å². The van der Waals surface area contributed by atoms with Gasteiger partial charge in [-0.15, -0.1) is 0 Å². The Kier molecular flexibility index (Phi) is 3.44. The maximum atomic E-state index is 11.9. The third-order valence-corrected chi connectivity index (χ3v) is 5.51. The highest BCUT2D eigenvalue weighted by Crippen LogP contribution is 2.53. The van der Waals surface area contributed by atoms with E-state index in [1.165, 1.54) is 18.4 Å². The molecule has 1 fully saturated rings. The van der Waals surface area contributed by atoms with Crippen LogP contribution in [0.5, 0.6) is 0 Å². The summed E-state index contributed by atoms with van der Waals surface area (Å²) in [5.41, 5.74) is 2.62. The van der Waals surface area contributed by atoms with E-state index in [9.17, 15) is 9.90 Å². The van der Waals surface area contributed by atoms with Crippen LogP contribution in [0.1, 0.15) is 59.8 Å². The number of Topliss-reactive ketones (excluding diaryl/α,β-unsaturated/α-hetero) is 1. The van der Waals surface area contributed by atoms with Gasteiger partial charge in [0.25, 0.3) is 0 Å². The van der Waals surface area contributed by atoms with Gasteiger partial charge in [0.05, 0.1) is 0 Å². The van der Waals surface area contributed by atoms with E-state index < -0.39 is 0 Å².